The fraction of sp³-hybridized carbons (Fsp3) is 0.333. The number of benzene rings is 1. The van der Waals surface area contributed by atoms with Crippen molar-refractivity contribution < 1.29 is 34.1 Å². The van der Waals surface area contributed by atoms with E-state index in [1.165, 1.54) is 12.1 Å². The smallest absolute Gasteiger partial charge is 0.374 e. The van der Waals surface area contributed by atoms with Crippen LogP contribution in [-0.2, 0) is 14.3 Å². The van der Waals surface area contributed by atoms with Gasteiger partial charge in [-0.05, 0) is 24.6 Å². The average molecular weight is 323 g/mol. The predicted molar refractivity (Wildman–Crippen MR) is 79.7 cm³/mol. The Kier molecular flexibility index (Phi) is 6.72. The van der Waals surface area contributed by atoms with Crippen molar-refractivity contribution in [1.82, 2.24) is 0 Å². The molecule has 0 heterocycles. The minimum Gasteiger partial charge on any atom is -0.478 e. The van der Waals surface area contributed by atoms with Crippen LogP contribution in [0.4, 0.5) is 5.69 Å². The highest BCUT2D eigenvalue weighted by atomic mass is 16.5. The normalized spacial score (nSPS) is 9.96. The maximum absolute atomic E-state index is 11.1. The molecule has 0 unspecified atom stereocenters. The van der Waals surface area contributed by atoms with Crippen LogP contribution in [0, 0.1) is 0 Å². The summed E-state index contributed by atoms with van der Waals surface area (Å²) in [4.78, 5) is 44.0. The minimum atomic E-state index is -1.23. The molecular weight excluding hydrogens is 306 g/mol. The zero-order valence-corrected chi connectivity index (χ0v) is 12.5. The molecule has 8 nitrogen and oxygen atoms in total. The number of rotatable bonds is 9. The third-order valence-electron chi connectivity index (χ3n) is 2.86. The van der Waals surface area contributed by atoms with Crippen LogP contribution in [0.15, 0.2) is 18.2 Å². The second-order valence-electron chi connectivity index (χ2n) is 4.60. The Balaban J connectivity index is 2.54. The maximum atomic E-state index is 11.1. The van der Waals surface area contributed by atoms with Crippen molar-refractivity contribution in [1.29, 1.82) is 0 Å². The zero-order chi connectivity index (χ0) is 17.4. The first-order chi connectivity index (χ1) is 10.8. The monoisotopic (exact) mass is 323 g/mol. The quantitative estimate of drug-likeness (QED) is 0.353. The summed E-state index contributed by atoms with van der Waals surface area (Å²) in [5, 5.41) is 20.8. The fourth-order valence-electron chi connectivity index (χ4n) is 1.67. The first kappa shape index (κ1) is 18.1. The Labute approximate surface area is 132 Å². The number of carboxylic acid groups (broad SMARTS) is 2. The van der Waals surface area contributed by atoms with Crippen LogP contribution >= 0.6 is 0 Å². The number of hydrogen-bond acceptors (Lipinski definition) is 6. The Bertz CT molecular complexity index is 592. The number of aromatic carboxylic acids is 2. The van der Waals surface area contributed by atoms with E-state index in [1.54, 1.807) is 6.92 Å². The Morgan fingerprint density at radius 2 is 1.61 bits per heavy atom. The molecule has 23 heavy (non-hydrogen) atoms. The fourth-order valence-corrected chi connectivity index (χ4v) is 1.67. The van der Waals surface area contributed by atoms with E-state index in [2.05, 4.69) is 5.32 Å². The van der Waals surface area contributed by atoms with E-state index in [0.717, 1.165) is 6.07 Å². The molecule has 0 aromatic heterocycles. The largest absolute Gasteiger partial charge is 0.478 e. The summed E-state index contributed by atoms with van der Waals surface area (Å²) in [6, 6.07) is 3.68. The van der Waals surface area contributed by atoms with Crippen molar-refractivity contribution >= 4 is 29.4 Å². The van der Waals surface area contributed by atoms with E-state index < -0.39 is 23.7 Å². The van der Waals surface area contributed by atoms with Gasteiger partial charge in [0, 0.05) is 18.7 Å². The third kappa shape index (κ3) is 5.77. The number of ether oxygens (including phenoxy) is 1. The standard InChI is InChI=1S/C15H17NO7/c1-2-12(17)15(22)23-5-3-4-16-11-7-9(13(18)19)6-10(8-11)14(20)21/h6-8,16H,2-5H2,1H3,(H,18,19)(H,20,21). The molecule has 0 amide bonds. The molecule has 0 aliphatic carbocycles. The van der Waals surface area contributed by atoms with Crippen LogP contribution in [0.3, 0.4) is 0 Å². The van der Waals surface area contributed by atoms with Crippen molar-refractivity contribution in [3.05, 3.63) is 29.3 Å². The lowest BCUT2D eigenvalue weighted by molar-refractivity contribution is -0.153. The van der Waals surface area contributed by atoms with Gasteiger partial charge in [-0.15, -0.1) is 0 Å². The molecular formula is C15H17NO7. The van der Waals surface area contributed by atoms with Crippen LogP contribution in [0.25, 0.3) is 0 Å². The Morgan fingerprint density at radius 3 is 2.09 bits per heavy atom. The van der Waals surface area contributed by atoms with Crippen molar-refractivity contribution in [2.24, 2.45) is 0 Å². The SMILES string of the molecule is CCC(=O)C(=O)OCCCNc1cc(C(=O)O)cc(C(=O)O)c1. The van der Waals surface area contributed by atoms with Gasteiger partial charge in [-0.2, -0.15) is 0 Å². The molecule has 1 rings (SSSR count). The molecule has 1 aromatic rings. The number of hydrogen-bond donors (Lipinski definition) is 3. The lowest BCUT2D eigenvalue weighted by atomic mass is 10.1. The van der Waals surface area contributed by atoms with E-state index in [4.69, 9.17) is 14.9 Å². The van der Waals surface area contributed by atoms with E-state index in [-0.39, 0.29) is 24.2 Å². The van der Waals surface area contributed by atoms with Crippen LogP contribution in [0.2, 0.25) is 0 Å². The number of carbonyl (C=O) groups excluding carboxylic acids is 2. The van der Waals surface area contributed by atoms with Gasteiger partial charge >= 0.3 is 17.9 Å². The summed E-state index contributed by atoms with van der Waals surface area (Å²) in [6.07, 6.45) is 0.458. The van der Waals surface area contributed by atoms with Gasteiger partial charge < -0.3 is 20.3 Å². The maximum Gasteiger partial charge on any atom is 0.374 e. The molecule has 0 bridgehead atoms. The van der Waals surface area contributed by atoms with Gasteiger partial charge in [0.05, 0.1) is 17.7 Å². The first-order valence-corrected chi connectivity index (χ1v) is 6.90. The lowest BCUT2D eigenvalue weighted by Crippen LogP contribution is -2.18. The van der Waals surface area contributed by atoms with Crippen molar-refractivity contribution in [3.8, 4) is 0 Å². The lowest BCUT2D eigenvalue weighted by Gasteiger charge is -2.09. The van der Waals surface area contributed by atoms with Gasteiger partial charge in [0.1, 0.15) is 0 Å². The third-order valence-corrected chi connectivity index (χ3v) is 2.86. The van der Waals surface area contributed by atoms with Gasteiger partial charge in [-0.1, -0.05) is 6.92 Å². The number of carboxylic acids is 2. The summed E-state index contributed by atoms with van der Waals surface area (Å²) < 4.78 is 4.74. The molecule has 0 atom stereocenters. The highest BCUT2D eigenvalue weighted by molar-refractivity contribution is 6.33. The molecule has 0 fully saturated rings. The second kappa shape index (κ2) is 8.52. The van der Waals surface area contributed by atoms with Crippen molar-refractivity contribution in [2.75, 3.05) is 18.5 Å². The molecule has 124 valence electrons. The number of nitrogens with one attached hydrogen (secondary N) is 1. The molecule has 0 saturated heterocycles. The summed E-state index contributed by atoms with van der Waals surface area (Å²) in [5.41, 5.74) is 0.0398. The summed E-state index contributed by atoms with van der Waals surface area (Å²) >= 11 is 0. The van der Waals surface area contributed by atoms with Gasteiger partial charge in [-0.3, -0.25) is 4.79 Å². The number of esters is 1. The molecule has 0 spiro atoms. The van der Waals surface area contributed by atoms with Gasteiger partial charge in [-0.25, -0.2) is 14.4 Å². The van der Waals surface area contributed by atoms with Crippen LogP contribution in [0.5, 0.6) is 0 Å². The van der Waals surface area contributed by atoms with Crippen molar-refractivity contribution in [3.63, 3.8) is 0 Å². The van der Waals surface area contributed by atoms with E-state index in [1.807, 2.05) is 0 Å². The van der Waals surface area contributed by atoms with E-state index >= 15 is 0 Å². The molecule has 0 aliphatic rings. The Morgan fingerprint density at radius 1 is 1.04 bits per heavy atom. The second-order valence-corrected chi connectivity index (χ2v) is 4.60. The molecule has 0 aliphatic heterocycles. The van der Waals surface area contributed by atoms with E-state index in [9.17, 15) is 19.2 Å². The van der Waals surface area contributed by atoms with Gasteiger partial charge in [0.25, 0.3) is 0 Å². The van der Waals surface area contributed by atoms with Crippen LogP contribution in [0.1, 0.15) is 40.5 Å². The number of carbonyl (C=O) groups is 4. The Hall–Kier alpha value is -2.90. The summed E-state index contributed by atoms with van der Waals surface area (Å²) in [7, 11) is 0. The highest BCUT2D eigenvalue weighted by Gasteiger charge is 2.13. The van der Waals surface area contributed by atoms with Gasteiger partial charge in [0.2, 0.25) is 5.78 Å². The number of ketones is 1. The summed E-state index contributed by atoms with van der Waals surface area (Å²) in [5.74, 6) is -3.95. The van der Waals surface area contributed by atoms with E-state index in [0.29, 0.717) is 18.7 Å². The number of anilines is 1. The average Bonchev–Trinajstić information content (AvgIpc) is 2.53. The molecule has 0 saturated carbocycles. The topological polar surface area (TPSA) is 130 Å². The predicted octanol–water partition coefficient (Wildman–Crippen LogP) is 1.41. The highest BCUT2D eigenvalue weighted by Crippen LogP contribution is 2.15. The molecule has 1 aromatic carbocycles. The number of Topliss-reactive ketones (excluding diaryl/α,β-unsaturated/α-hetero) is 1. The molecule has 8 heteroatoms. The minimum absolute atomic E-state index is 0.0297. The molecule has 3 N–H and O–H groups in total. The molecule has 0 radical (unpaired) electrons. The van der Waals surface area contributed by atoms with Crippen LogP contribution < -0.4 is 5.32 Å². The zero-order valence-electron chi connectivity index (χ0n) is 12.5. The van der Waals surface area contributed by atoms with Gasteiger partial charge in [0.15, 0.2) is 0 Å². The summed E-state index contributed by atoms with van der Waals surface area (Å²) in [6.45, 7) is 1.90. The van der Waals surface area contributed by atoms with Crippen LogP contribution in [-0.4, -0.2) is 47.1 Å². The van der Waals surface area contributed by atoms with Crippen molar-refractivity contribution in [2.45, 2.75) is 19.8 Å². The first-order valence-electron chi connectivity index (χ1n) is 6.90.